The molecule has 82 valence electrons. The summed E-state index contributed by atoms with van der Waals surface area (Å²) in [6.07, 6.45) is 2.48. The lowest BCUT2D eigenvalue weighted by Crippen LogP contribution is -2.42. The fraction of sp³-hybridized carbons (Fsp3) is 0.538. The van der Waals surface area contributed by atoms with Crippen molar-refractivity contribution in [2.45, 2.75) is 31.8 Å². The summed E-state index contributed by atoms with van der Waals surface area (Å²) < 4.78 is 0. The zero-order valence-corrected chi connectivity index (χ0v) is 9.32. The first-order chi connectivity index (χ1) is 7.31. The van der Waals surface area contributed by atoms with Gasteiger partial charge < -0.3 is 11.1 Å². The molecule has 3 unspecified atom stereocenters. The van der Waals surface area contributed by atoms with Gasteiger partial charge in [0.05, 0.1) is 0 Å². The Labute approximate surface area is 91.9 Å². The second kappa shape index (κ2) is 4.77. The number of rotatable bonds is 2. The highest BCUT2D eigenvalue weighted by Gasteiger charge is 2.27. The number of benzene rings is 1. The predicted molar refractivity (Wildman–Crippen MR) is 63.6 cm³/mol. The van der Waals surface area contributed by atoms with Crippen molar-refractivity contribution in [2.75, 3.05) is 6.54 Å². The monoisotopic (exact) mass is 204 g/mol. The van der Waals surface area contributed by atoms with Crippen LogP contribution in [-0.4, -0.2) is 12.6 Å². The van der Waals surface area contributed by atoms with E-state index in [0.717, 1.165) is 6.54 Å². The minimum Gasteiger partial charge on any atom is -0.330 e. The van der Waals surface area contributed by atoms with E-state index in [-0.39, 0.29) is 0 Å². The summed E-state index contributed by atoms with van der Waals surface area (Å²) in [5.74, 6) is 0.587. The summed E-state index contributed by atoms with van der Waals surface area (Å²) in [4.78, 5) is 0. The summed E-state index contributed by atoms with van der Waals surface area (Å²) in [6, 6.07) is 11.7. The summed E-state index contributed by atoms with van der Waals surface area (Å²) in [6.45, 7) is 3.03. The van der Waals surface area contributed by atoms with Crippen LogP contribution < -0.4 is 11.1 Å². The van der Waals surface area contributed by atoms with Crippen LogP contribution in [0.5, 0.6) is 0 Å². The Bertz CT molecular complexity index is 297. The van der Waals surface area contributed by atoms with Gasteiger partial charge in [-0.05, 0) is 37.8 Å². The molecular formula is C13H20N2. The minimum absolute atomic E-state index is 0.444. The molecule has 3 N–H and O–H groups in total. The van der Waals surface area contributed by atoms with Gasteiger partial charge in [-0.3, -0.25) is 0 Å². The normalized spacial score (nSPS) is 31.5. The predicted octanol–water partition coefficient (Wildman–Crippen LogP) is 2.07. The van der Waals surface area contributed by atoms with Gasteiger partial charge in [-0.15, -0.1) is 0 Å². The highest BCUT2D eigenvalue weighted by Crippen LogP contribution is 2.30. The summed E-state index contributed by atoms with van der Waals surface area (Å²) in [7, 11) is 0. The molecule has 2 nitrogen and oxygen atoms in total. The molecule has 1 aliphatic heterocycles. The van der Waals surface area contributed by atoms with E-state index >= 15 is 0 Å². The maximum atomic E-state index is 5.84. The van der Waals surface area contributed by atoms with Crippen LogP contribution in [0.1, 0.15) is 31.4 Å². The first-order valence-corrected chi connectivity index (χ1v) is 5.82. The highest BCUT2D eigenvalue weighted by molar-refractivity contribution is 5.20. The molecule has 0 spiro atoms. The van der Waals surface area contributed by atoms with Gasteiger partial charge in [0.2, 0.25) is 0 Å². The van der Waals surface area contributed by atoms with E-state index in [0.29, 0.717) is 18.0 Å². The largest absolute Gasteiger partial charge is 0.330 e. The lowest BCUT2D eigenvalue weighted by atomic mass is 9.84. The molecule has 1 aliphatic rings. The number of piperidine rings is 1. The van der Waals surface area contributed by atoms with Gasteiger partial charge in [-0.25, -0.2) is 0 Å². The maximum absolute atomic E-state index is 5.84. The summed E-state index contributed by atoms with van der Waals surface area (Å²) >= 11 is 0. The second-order valence-electron chi connectivity index (χ2n) is 4.53. The van der Waals surface area contributed by atoms with Crippen LogP contribution in [-0.2, 0) is 0 Å². The third-order valence-corrected chi connectivity index (χ3v) is 3.37. The molecular weight excluding hydrogens is 184 g/mol. The Hall–Kier alpha value is -0.860. The maximum Gasteiger partial charge on any atom is 0.0362 e. The van der Waals surface area contributed by atoms with Crippen molar-refractivity contribution in [2.24, 2.45) is 11.7 Å². The standard InChI is InChI=1S/C13H20N2/c1-10-7-8-12(9-14)13(15-10)11-5-3-2-4-6-11/h2-6,10,12-13,15H,7-9,14H2,1H3. The van der Waals surface area contributed by atoms with Crippen LogP contribution in [0.25, 0.3) is 0 Å². The molecule has 0 bridgehead atoms. The smallest absolute Gasteiger partial charge is 0.0362 e. The molecule has 1 aromatic rings. The topological polar surface area (TPSA) is 38.0 Å². The Morgan fingerprint density at radius 2 is 2.00 bits per heavy atom. The van der Waals surface area contributed by atoms with E-state index in [2.05, 4.69) is 42.6 Å². The molecule has 15 heavy (non-hydrogen) atoms. The number of hydrogen-bond donors (Lipinski definition) is 2. The van der Waals surface area contributed by atoms with E-state index in [1.807, 2.05) is 0 Å². The zero-order valence-electron chi connectivity index (χ0n) is 9.32. The van der Waals surface area contributed by atoms with E-state index in [1.165, 1.54) is 18.4 Å². The molecule has 1 aromatic carbocycles. The average Bonchev–Trinajstić information content (AvgIpc) is 2.30. The first kappa shape index (κ1) is 10.7. The molecule has 2 rings (SSSR count). The molecule has 1 fully saturated rings. The van der Waals surface area contributed by atoms with Crippen LogP contribution in [0.2, 0.25) is 0 Å². The van der Waals surface area contributed by atoms with E-state index in [4.69, 9.17) is 5.73 Å². The minimum atomic E-state index is 0.444. The quantitative estimate of drug-likeness (QED) is 0.774. The highest BCUT2D eigenvalue weighted by atomic mass is 15.0. The fourth-order valence-corrected chi connectivity index (χ4v) is 2.44. The van der Waals surface area contributed by atoms with Crippen molar-refractivity contribution in [3.8, 4) is 0 Å². The van der Waals surface area contributed by atoms with Gasteiger partial charge in [-0.1, -0.05) is 30.3 Å². The number of nitrogens with one attached hydrogen (secondary N) is 1. The van der Waals surface area contributed by atoms with Gasteiger partial charge in [0.25, 0.3) is 0 Å². The number of hydrogen-bond acceptors (Lipinski definition) is 2. The van der Waals surface area contributed by atoms with E-state index < -0.39 is 0 Å². The molecule has 3 atom stereocenters. The van der Waals surface area contributed by atoms with Gasteiger partial charge in [0, 0.05) is 12.1 Å². The Morgan fingerprint density at radius 3 is 2.67 bits per heavy atom. The first-order valence-electron chi connectivity index (χ1n) is 5.82. The Kier molecular flexibility index (Phi) is 3.39. The summed E-state index contributed by atoms with van der Waals surface area (Å²) in [5.41, 5.74) is 7.21. The van der Waals surface area contributed by atoms with Crippen molar-refractivity contribution in [1.29, 1.82) is 0 Å². The number of nitrogens with two attached hydrogens (primary N) is 1. The van der Waals surface area contributed by atoms with Crippen LogP contribution in [0.3, 0.4) is 0 Å². The third kappa shape index (κ3) is 2.39. The molecule has 1 saturated heterocycles. The molecule has 0 radical (unpaired) electrons. The van der Waals surface area contributed by atoms with Crippen LogP contribution in [0.4, 0.5) is 0 Å². The fourth-order valence-electron chi connectivity index (χ4n) is 2.44. The molecule has 0 aromatic heterocycles. The van der Waals surface area contributed by atoms with Gasteiger partial charge in [0.15, 0.2) is 0 Å². The second-order valence-corrected chi connectivity index (χ2v) is 4.53. The van der Waals surface area contributed by atoms with Crippen LogP contribution in [0.15, 0.2) is 30.3 Å². The molecule has 0 aliphatic carbocycles. The van der Waals surface area contributed by atoms with Crippen LogP contribution >= 0.6 is 0 Å². The SMILES string of the molecule is CC1CCC(CN)C(c2ccccc2)N1. The van der Waals surface area contributed by atoms with Crippen molar-refractivity contribution in [3.05, 3.63) is 35.9 Å². The van der Waals surface area contributed by atoms with Crippen molar-refractivity contribution >= 4 is 0 Å². The molecule has 1 heterocycles. The molecule has 0 saturated carbocycles. The lowest BCUT2D eigenvalue weighted by Gasteiger charge is -2.36. The summed E-state index contributed by atoms with van der Waals surface area (Å²) in [5, 5.41) is 3.65. The van der Waals surface area contributed by atoms with Crippen molar-refractivity contribution in [1.82, 2.24) is 5.32 Å². The Balaban J connectivity index is 2.17. The Morgan fingerprint density at radius 1 is 1.27 bits per heavy atom. The average molecular weight is 204 g/mol. The van der Waals surface area contributed by atoms with Crippen molar-refractivity contribution < 1.29 is 0 Å². The van der Waals surface area contributed by atoms with E-state index in [1.54, 1.807) is 0 Å². The third-order valence-electron chi connectivity index (χ3n) is 3.37. The van der Waals surface area contributed by atoms with Gasteiger partial charge in [0.1, 0.15) is 0 Å². The molecule has 2 heteroatoms. The van der Waals surface area contributed by atoms with Crippen molar-refractivity contribution in [3.63, 3.8) is 0 Å². The van der Waals surface area contributed by atoms with E-state index in [9.17, 15) is 0 Å². The van der Waals surface area contributed by atoms with Gasteiger partial charge >= 0.3 is 0 Å². The van der Waals surface area contributed by atoms with Gasteiger partial charge in [-0.2, -0.15) is 0 Å². The molecule has 0 amide bonds. The van der Waals surface area contributed by atoms with Crippen LogP contribution in [0, 0.1) is 5.92 Å². The lowest BCUT2D eigenvalue weighted by molar-refractivity contribution is 0.247. The zero-order chi connectivity index (χ0) is 10.7.